The lowest BCUT2D eigenvalue weighted by Gasteiger charge is -2.22. The quantitative estimate of drug-likeness (QED) is 0.461. The highest BCUT2D eigenvalue weighted by atomic mass is 16.5. The maximum Gasteiger partial charge on any atom is 0.492 e. The lowest BCUT2D eigenvalue weighted by molar-refractivity contribution is -0.148. The minimum absolute atomic E-state index is 0.150. The molecule has 180 valence electrons. The van der Waals surface area contributed by atoms with Crippen LogP contribution in [0.25, 0.3) is 0 Å². The van der Waals surface area contributed by atoms with Gasteiger partial charge in [-0.25, -0.2) is 4.79 Å². The number of amides is 1. The van der Waals surface area contributed by atoms with Crippen molar-refractivity contribution in [1.82, 2.24) is 10.2 Å². The van der Waals surface area contributed by atoms with E-state index in [4.69, 9.17) is 9.39 Å². The standard InChI is InChI=1S/C26H33BN2O5/c1-17(2)24(28-25(30)22-11-10-21-16-34-27(32)23(21)18(22)3)26(31)33-15-20-8-6-19(7-9-20)14-29-12-4-5-13-29/h6-11,17,24,32H,4-5,12-16H2,1-3H3,(H,28,30)/t24-/m0/s1. The van der Waals surface area contributed by atoms with Crippen molar-refractivity contribution in [1.29, 1.82) is 0 Å². The van der Waals surface area contributed by atoms with Gasteiger partial charge in [0.2, 0.25) is 0 Å². The Labute approximate surface area is 201 Å². The summed E-state index contributed by atoms with van der Waals surface area (Å²) in [7, 11) is -1.03. The fraction of sp³-hybridized carbons (Fsp3) is 0.462. The van der Waals surface area contributed by atoms with Crippen LogP contribution in [-0.2, 0) is 33.9 Å². The molecule has 34 heavy (non-hydrogen) atoms. The van der Waals surface area contributed by atoms with Crippen LogP contribution in [-0.4, -0.2) is 48.1 Å². The molecule has 0 bridgehead atoms. The van der Waals surface area contributed by atoms with E-state index in [1.54, 1.807) is 19.1 Å². The van der Waals surface area contributed by atoms with E-state index in [0.717, 1.165) is 30.8 Å². The highest BCUT2D eigenvalue weighted by Gasteiger charge is 2.32. The van der Waals surface area contributed by atoms with Crippen molar-refractivity contribution >= 4 is 24.5 Å². The van der Waals surface area contributed by atoms with Gasteiger partial charge >= 0.3 is 13.1 Å². The van der Waals surface area contributed by atoms with Gasteiger partial charge in [-0.05, 0) is 72.6 Å². The second-order valence-corrected chi connectivity index (χ2v) is 9.58. The fourth-order valence-corrected chi connectivity index (χ4v) is 4.65. The molecular formula is C26H33BN2O5. The lowest BCUT2D eigenvalue weighted by atomic mass is 9.75. The Hall–Kier alpha value is -2.68. The Bertz CT molecular complexity index is 1030. The van der Waals surface area contributed by atoms with Crippen LogP contribution in [0.1, 0.15) is 59.3 Å². The molecule has 7 nitrogen and oxygen atoms in total. The van der Waals surface area contributed by atoms with Crippen LogP contribution in [0.3, 0.4) is 0 Å². The summed E-state index contributed by atoms with van der Waals surface area (Å²) in [5, 5.41) is 12.9. The number of fused-ring (bicyclic) bond motifs is 1. The highest BCUT2D eigenvalue weighted by Crippen LogP contribution is 2.18. The van der Waals surface area contributed by atoms with E-state index in [1.165, 1.54) is 18.4 Å². The number of rotatable bonds is 8. The van der Waals surface area contributed by atoms with Crippen molar-refractivity contribution in [3.05, 3.63) is 64.2 Å². The summed E-state index contributed by atoms with van der Waals surface area (Å²) in [6.45, 7) is 9.25. The molecule has 2 aliphatic rings. The molecule has 1 saturated heterocycles. The number of nitrogens with one attached hydrogen (secondary N) is 1. The third kappa shape index (κ3) is 5.51. The summed E-state index contributed by atoms with van der Waals surface area (Å²) < 4.78 is 10.8. The van der Waals surface area contributed by atoms with Crippen LogP contribution < -0.4 is 10.8 Å². The van der Waals surface area contributed by atoms with E-state index in [1.807, 2.05) is 26.0 Å². The molecule has 4 rings (SSSR count). The molecule has 8 heteroatoms. The number of esters is 1. The number of hydrogen-bond acceptors (Lipinski definition) is 6. The Kier molecular flexibility index (Phi) is 7.71. The van der Waals surface area contributed by atoms with Crippen LogP contribution in [0.2, 0.25) is 0 Å². The first-order chi connectivity index (χ1) is 16.3. The molecule has 0 spiro atoms. The third-order valence-corrected chi connectivity index (χ3v) is 6.71. The Morgan fingerprint density at radius 1 is 1.12 bits per heavy atom. The van der Waals surface area contributed by atoms with E-state index in [9.17, 15) is 14.6 Å². The second-order valence-electron chi connectivity index (χ2n) is 9.58. The number of carbonyl (C=O) groups excluding carboxylic acids is 2. The SMILES string of the molecule is Cc1c(C(=O)N[C@H](C(=O)OCc2ccc(CN3CCCC3)cc2)C(C)C)ccc2c1B(O)OC2. The first-order valence-corrected chi connectivity index (χ1v) is 12.0. The lowest BCUT2D eigenvalue weighted by Crippen LogP contribution is -2.46. The van der Waals surface area contributed by atoms with Gasteiger partial charge in [-0.2, -0.15) is 0 Å². The molecule has 2 aromatic carbocycles. The zero-order chi connectivity index (χ0) is 24.2. The van der Waals surface area contributed by atoms with E-state index < -0.39 is 19.1 Å². The molecule has 1 amide bonds. The predicted octanol–water partition coefficient (Wildman–Crippen LogP) is 2.31. The smallest absolute Gasteiger partial charge is 0.459 e. The van der Waals surface area contributed by atoms with Crippen molar-refractivity contribution in [3.63, 3.8) is 0 Å². The summed E-state index contributed by atoms with van der Waals surface area (Å²) in [5.74, 6) is -0.990. The fourth-order valence-electron chi connectivity index (χ4n) is 4.65. The first kappa shape index (κ1) is 24.4. The predicted molar refractivity (Wildman–Crippen MR) is 130 cm³/mol. The minimum atomic E-state index is -1.03. The summed E-state index contributed by atoms with van der Waals surface area (Å²) in [5.41, 5.74) is 4.73. The van der Waals surface area contributed by atoms with Crippen molar-refractivity contribution in [2.45, 2.75) is 59.4 Å². The number of benzene rings is 2. The maximum absolute atomic E-state index is 13.0. The van der Waals surface area contributed by atoms with Gasteiger partial charge in [0, 0.05) is 12.1 Å². The number of carbonyl (C=O) groups is 2. The van der Waals surface area contributed by atoms with Gasteiger partial charge in [0.1, 0.15) is 12.6 Å². The zero-order valence-corrected chi connectivity index (χ0v) is 20.2. The van der Waals surface area contributed by atoms with Crippen LogP contribution >= 0.6 is 0 Å². The number of likely N-dealkylation sites (tertiary alicyclic amines) is 1. The van der Waals surface area contributed by atoms with Crippen LogP contribution in [0.5, 0.6) is 0 Å². The Morgan fingerprint density at radius 2 is 1.79 bits per heavy atom. The molecule has 2 heterocycles. The minimum Gasteiger partial charge on any atom is -0.459 e. The number of nitrogens with zero attached hydrogens (tertiary/aromatic N) is 1. The molecule has 0 unspecified atom stereocenters. The molecule has 0 aromatic heterocycles. The van der Waals surface area contributed by atoms with Crippen molar-refractivity contribution < 1.29 is 24.0 Å². The molecule has 2 aliphatic heterocycles. The summed E-state index contributed by atoms with van der Waals surface area (Å²) in [4.78, 5) is 28.3. The Morgan fingerprint density at radius 3 is 2.47 bits per heavy atom. The molecular weight excluding hydrogens is 431 g/mol. The molecule has 1 atom stereocenters. The second kappa shape index (κ2) is 10.7. The van der Waals surface area contributed by atoms with Gasteiger partial charge in [0.15, 0.2) is 0 Å². The van der Waals surface area contributed by atoms with Crippen molar-refractivity contribution in [3.8, 4) is 0 Å². The van der Waals surface area contributed by atoms with Gasteiger partial charge in [0.25, 0.3) is 5.91 Å². The summed E-state index contributed by atoms with van der Waals surface area (Å²) >= 11 is 0. The average molecular weight is 464 g/mol. The maximum atomic E-state index is 13.0. The van der Waals surface area contributed by atoms with Crippen LogP contribution in [0.4, 0.5) is 0 Å². The molecule has 0 saturated carbocycles. The highest BCUT2D eigenvalue weighted by molar-refractivity contribution is 6.62. The van der Waals surface area contributed by atoms with Crippen molar-refractivity contribution in [2.75, 3.05) is 13.1 Å². The van der Waals surface area contributed by atoms with E-state index in [2.05, 4.69) is 22.3 Å². The molecule has 2 aromatic rings. The van der Waals surface area contributed by atoms with E-state index in [-0.39, 0.29) is 18.4 Å². The summed E-state index contributed by atoms with van der Waals surface area (Å²) in [6, 6.07) is 10.8. The average Bonchev–Trinajstić information content (AvgIpc) is 3.46. The van der Waals surface area contributed by atoms with Gasteiger partial charge in [-0.1, -0.05) is 44.2 Å². The molecule has 2 N–H and O–H groups in total. The van der Waals surface area contributed by atoms with Crippen LogP contribution in [0, 0.1) is 12.8 Å². The molecule has 1 fully saturated rings. The van der Waals surface area contributed by atoms with Gasteiger partial charge in [-0.15, -0.1) is 0 Å². The van der Waals surface area contributed by atoms with E-state index in [0.29, 0.717) is 23.2 Å². The number of hydrogen-bond donors (Lipinski definition) is 2. The Balaban J connectivity index is 1.35. The molecule has 0 radical (unpaired) electrons. The number of ether oxygens (including phenoxy) is 1. The van der Waals surface area contributed by atoms with Crippen LogP contribution in [0.15, 0.2) is 36.4 Å². The zero-order valence-electron chi connectivity index (χ0n) is 20.2. The summed E-state index contributed by atoms with van der Waals surface area (Å²) in [6.07, 6.45) is 2.54. The molecule has 0 aliphatic carbocycles. The van der Waals surface area contributed by atoms with E-state index >= 15 is 0 Å². The first-order valence-electron chi connectivity index (χ1n) is 12.0. The van der Waals surface area contributed by atoms with Crippen molar-refractivity contribution in [2.24, 2.45) is 5.92 Å². The third-order valence-electron chi connectivity index (χ3n) is 6.71. The largest absolute Gasteiger partial charge is 0.492 e. The van der Waals surface area contributed by atoms with Gasteiger partial charge in [0.05, 0.1) is 6.61 Å². The monoisotopic (exact) mass is 464 g/mol. The normalized spacial score (nSPS) is 16.6. The van der Waals surface area contributed by atoms with Gasteiger partial charge in [-0.3, -0.25) is 9.69 Å². The topological polar surface area (TPSA) is 88.1 Å². The van der Waals surface area contributed by atoms with Gasteiger partial charge < -0.3 is 19.7 Å².